The molecule has 0 aliphatic heterocycles. The fraction of sp³-hybridized carbons (Fsp3) is 0.867. The van der Waals surface area contributed by atoms with E-state index in [9.17, 15) is 9.13 Å². The summed E-state index contributed by atoms with van der Waals surface area (Å²) in [5, 5.41) is -0.603. The largest absolute Gasteiger partial charge is 0.378 e. The maximum absolute atomic E-state index is 12.0. The molecular formula is C30H59NO2P+. The molecule has 0 bridgehead atoms. The van der Waals surface area contributed by atoms with Gasteiger partial charge in [0.25, 0.3) is 0 Å². The molecule has 1 atom stereocenters. The van der Waals surface area contributed by atoms with Crippen LogP contribution in [0.15, 0.2) is 24.8 Å². The van der Waals surface area contributed by atoms with Gasteiger partial charge in [-0.15, -0.1) is 6.58 Å². The molecule has 0 amide bonds. The standard InChI is InChI=1S/C30H59NO2P/c1-6-8-9-10-11-12-13-14-15-16-17-18-19-20-21-22-23-24-25-26-27-28-29-30(7-2,34(32)33)31(3,4)5/h6,18-19H,1,7-17,20-29H2,2-5H3/q+1. The highest BCUT2D eigenvalue weighted by atomic mass is 31.1. The van der Waals surface area contributed by atoms with Crippen LogP contribution in [-0.4, -0.2) is 30.9 Å². The number of hydrogen-bond acceptors (Lipinski definition) is 2. The third kappa shape index (κ3) is 16.1. The Bertz CT molecular complexity index is 569. The zero-order chi connectivity index (χ0) is 25.5. The van der Waals surface area contributed by atoms with E-state index in [-0.39, 0.29) is 0 Å². The lowest BCUT2D eigenvalue weighted by atomic mass is 10.0. The topological polar surface area (TPSA) is 34.1 Å². The minimum absolute atomic E-state index is 0.508. The van der Waals surface area contributed by atoms with Crippen LogP contribution in [0.2, 0.25) is 0 Å². The lowest BCUT2D eigenvalue weighted by Crippen LogP contribution is -2.53. The fourth-order valence-corrected chi connectivity index (χ4v) is 6.12. The van der Waals surface area contributed by atoms with Gasteiger partial charge < -0.3 is 4.48 Å². The van der Waals surface area contributed by atoms with Crippen molar-refractivity contribution < 1.29 is 13.6 Å². The summed E-state index contributed by atoms with van der Waals surface area (Å²) in [6, 6.07) is 0. The number of nitrogens with zero attached hydrogens (tertiary/aromatic N) is 1. The Kier molecular flexibility index (Phi) is 21.2. The molecule has 0 aromatic carbocycles. The third-order valence-electron chi connectivity index (χ3n) is 7.55. The second kappa shape index (κ2) is 21.6. The van der Waals surface area contributed by atoms with Crippen LogP contribution in [0.1, 0.15) is 142 Å². The Morgan fingerprint density at radius 3 is 1.29 bits per heavy atom. The van der Waals surface area contributed by atoms with Crippen molar-refractivity contribution in [3.8, 4) is 0 Å². The normalized spacial score (nSPS) is 13.9. The summed E-state index contributed by atoms with van der Waals surface area (Å²) in [4.78, 5) is 0. The Morgan fingerprint density at radius 1 is 0.618 bits per heavy atom. The lowest BCUT2D eigenvalue weighted by Gasteiger charge is -2.40. The molecule has 0 aliphatic carbocycles. The molecule has 1 unspecified atom stereocenters. The molecule has 4 heteroatoms. The van der Waals surface area contributed by atoms with Crippen molar-refractivity contribution in [2.75, 3.05) is 21.1 Å². The van der Waals surface area contributed by atoms with Gasteiger partial charge in [0.05, 0.1) is 21.1 Å². The first-order valence-corrected chi connectivity index (χ1v) is 15.7. The average molecular weight is 497 g/mol. The van der Waals surface area contributed by atoms with Crippen molar-refractivity contribution in [3.63, 3.8) is 0 Å². The molecule has 3 nitrogen and oxygen atoms in total. The molecule has 0 spiro atoms. The van der Waals surface area contributed by atoms with Gasteiger partial charge in [-0.2, -0.15) is 0 Å². The molecule has 0 rings (SSSR count). The summed E-state index contributed by atoms with van der Waals surface area (Å²) in [5.74, 6) is 0. The quantitative estimate of drug-likeness (QED) is 0.0545. The summed E-state index contributed by atoms with van der Waals surface area (Å²) >= 11 is 0. The predicted molar refractivity (Wildman–Crippen MR) is 151 cm³/mol. The van der Waals surface area contributed by atoms with Crippen LogP contribution in [0.3, 0.4) is 0 Å². The van der Waals surface area contributed by atoms with Crippen LogP contribution in [0, 0.1) is 0 Å². The minimum atomic E-state index is -2.42. The van der Waals surface area contributed by atoms with Crippen molar-refractivity contribution in [3.05, 3.63) is 24.8 Å². The van der Waals surface area contributed by atoms with Crippen molar-refractivity contribution in [1.29, 1.82) is 0 Å². The Hall–Kier alpha value is -0.660. The Morgan fingerprint density at radius 2 is 0.971 bits per heavy atom. The molecule has 0 radical (unpaired) electrons. The zero-order valence-electron chi connectivity index (χ0n) is 23.5. The molecule has 0 N–H and O–H groups in total. The van der Waals surface area contributed by atoms with E-state index in [4.69, 9.17) is 0 Å². The molecule has 34 heavy (non-hydrogen) atoms. The van der Waals surface area contributed by atoms with Crippen LogP contribution >= 0.6 is 7.68 Å². The van der Waals surface area contributed by atoms with Gasteiger partial charge in [-0.1, -0.05) is 102 Å². The number of unbranched alkanes of at least 4 members (excludes halogenated alkanes) is 17. The van der Waals surface area contributed by atoms with Crippen LogP contribution < -0.4 is 0 Å². The van der Waals surface area contributed by atoms with Gasteiger partial charge in [0.1, 0.15) is 0 Å². The summed E-state index contributed by atoms with van der Waals surface area (Å²) in [5.41, 5.74) is 0. The van der Waals surface area contributed by atoms with E-state index in [0.29, 0.717) is 10.9 Å². The van der Waals surface area contributed by atoms with E-state index in [0.717, 1.165) is 19.3 Å². The summed E-state index contributed by atoms with van der Waals surface area (Å²) in [6.07, 6.45) is 33.1. The van der Waals surface area contributed by atoms with Crippen LogP contribution in [0.5, 0.6) is 0 Å². The minimum Gasteiger partial charge on any atom is -0.314 e. The number of quaternary nitrogens is 1. The SMILES string of the molecule is C=CCCCCCCCCCCC=CCCCCCCCCCCC(CC)(P(=O)=O)[N+](C)(C)C. The van der Waals surface area contributed by atoms with Crippen LogP contribution in [0.4, 0.5) is 0 Å². The van der Waals surface area contributed by atoms with Gasteiger partial charge in [0, 0.05) is 12.8 Å². The Balaban J connectivity index is 3.49. The fourth-order valence-electron chi connectivity index (χ4n) is 5.03. The summed E-state index contributed by atoms with van der Waals surface area (Å²) < 4.78 is 24.4. The van der Waals surface area contributed by atoms with E-state index >= 15 is 0 Å². The first-order chi connectivity index (χ1) is 16.3. The van der Waals surface area contributed by atoms with Crippen molar-refractivity contribution in [2.45, 2.75) is 147 Å². The smallest absolute Gasteiger partial charge is 0.314 e. The van der Waals surface area contributed by atoms with Gasteiger partial charge in [-0.25, -0.2) is 9.13 Å². The number of allylic oxidation sites excluding steroid dienone is 3. The maximum atomic E-state index is 12.0. The molecule has 0 aromatic heterocycles. The second-order valence-corrected chi connectivity index (χ2v) is 12.5. The highest BCUT2D eigenvalue weighted by Crippen LogP contribution is 2.43. The number of hydrogen-bond donors (Lipinski definition) is 0. The molecule has 0 saturated heterocycles. The Labute approximate surface area is 214 Å². The highest BCUT2D eigenvalue weighted by molar-refractivity contribution is 7.32. The van der Waals surface area contributed by atoms with E-state index < -0.39 is 13.0 Å². The molecular weight excluding hydrogens is 437 g/mol. The van der Waals surface area contributed by atoms with E-state index in [1.54, 1.807) is 0 Å². The monoisotopic (exact) mass is 496 g/mol. The van der Waals surface area contributed by atoms with Crippen molar-refractivity contribution in [2.24, 2.45) is 0 Å². The first-order valence-electron chi connectivity index (χ1n) is 14.5. The molecule has 200 valence electrons. The molecule has 0 saturated carbocycles. The van der Waals surface area contributed by atoms with Gasteiger partial charge in [-0.05, 0) is 44.9 Å². The second-order valence-electron chi connectivity index (χ2n) is 11.1. The van der Waals surface area contributed by atoms with Crippen molar-refractivity contribution >= 4 is 7.68 Å². The van der Waals surface area contributed by atoms with Crippen LogP contribution in [-0.2, 0) is 9.13 Å². The maximum Gasteiger partial charge on any atom is 0.378 e. The van der Waals surface area contributed by atoms with Gasteiger partial charge in [-0.3, -0.25) is 0 Å². The van der Waals surface area contributed by atoms with E-state index in [1.165, 1.54) is 109 Å². The lowest BCUT2D eigenvalue weighted by molar-refractivity contribution is -0.908. The predicted octanol–water partition coefficient (Wildman–Crippen LogP) is 10.5. The first kappa shape index (κ1) is 33.3. The van der Waals surface area contributed by atoms with Gasteiger partial charge >= 0.3 is 7.68 Å². The molecule has 0 aliphatic rings. The third-order valence-corrected chi connectivity index (χ3v) is 9.37. The highest BCUT2D eigenvalue weighted by Gasteiger charge is 2.46. The average Bonchev–Trinajstić information content (AvgIpc) is 2.78. The van der Waals surface area contributed by atoms with E-state index in [2.05, 4.69) is 18.7 Å². The summed E-state index contributed by atoms with van der Waals surface area (Å²) in [7, 11) is 3.62. The number of rotatable bonds is 25. The van der Waals surface area contributed by atoms with Gasteiger partial charge in [0.15, 0.2) is 0 Å². The van der Waals surface area contributed by atoms with Crippen LogP contribution in [0.25, 0.3) is 0 Å². The summed E-state index contributed by atoms with van der Waals surface area (Å²) in [6.45, 7) is 5.79. The van der Waals surface area contributed by atoms with E-state index in [1.807, 2.05) is 34.1 Å². The van der Waals surface area contributed by atoms with Crippen molar-refractivity contribution in [1.82, 2.24) is 0 Å². The molecule has 0 aromatic rings. The molecule has 0 heterocycles. The zero-order valence-corrected chi connectivity index (χ0v) is 24.4. The van der Waals surface area contributed by atoms with Gasteiger partial charge in [0.2, 0.25) is 5.28 Å². The molecule has 0 fully saturated rings.